The van der Waals surface area contributed by atoms with Crippen molar-refractivity contribution in [1.82, 2.24) is 0 Å². The van der Waals surface area contributed by atoms with Gasteiger partial charge < -0.3 is 10.2 Å². The van der Waals surface area contributed by atoms with Crippen molar-refractivity contribution in [2.45, 2.75) is 13.8 Å². The number of halogens is 1. The Kier molecular flexibility index (Phi) is 5.49. The van der Waals surface area contributed by atoms with E-state index in [9.17, 15) is 4.79 Å². The molecule has 0 heterocycles. The summed E-state index contributed by atoms with van der Waals surface area (Å²) < 4.78 is 0.973. The molecule has 0 atom stereocenters. The molecule has 0 fully saturated rings. The number of anilines is 1. The number of benzene rings is 1. The SMILES string of the molecule is CC[NH+](CC)CC(=O)Nc1cccc(Br)c1. The van der Waals surface area contributed by atoms with Crippen molar-refractivity contribution in [3.05, 3.63) is 28.7 Å². The molecule has 1 rings (SSSR count). The largest absolute Gasteiger partial charge is 0.328 e. The Morgan fingerprint density at radius 2 is 2.06 bits per heavy atom. The van der Waals surface area contributed by atoms with Gasteiger partial charge in [-0.2, -0.15) is 0 Å². The van der Waals surface area contributed by atoms with Crippen molar-refractivity contribution >= 4 is 27.5 Å². The quantitative estimate of drug-likeness (QED) is 0.841. The smallest absolute Gasteiger partial charge is 0.279 e. The molecule has 0 spiro atoms. The van der Waals surface area contributed by atoms with Gasteiger partial charge in [0, 0.05) is 10.2 Å². The molecular formula is C12H18BrN2O+. The van der Waals surface area contributed by atoms with Crippen molar-refractivity contribution in [2.24, 2.45) is 0 Å². The highest BCUT2D eigenvalue weighted by atomic mass is 79.9. The standard InChI is InChI=1S/C12H17BrN2O/c1-3-15(4-2)9-12(16)14-11-7-5-6-10(13)8-11/h5-8H,3-4,9H2,1-2H3,(H,14,16)/p+1. The molecule has 3 nitrogen and oxygen atoms in total. The van der Waals surface area contributed by atoms with E-state index in [1.54, 1.807) is 0 Å². The second-order valence-corrected chi connectivity index (χ2v) is 4.61. The van der Waals surface area contributed by atoms with Gasteiger partial charge in [0.25, 0.3) is 5.91 Å². The minimum atomic E-state index is 0.0665. The van der Waals surface area contributed by atoms with Crippen LogP contribution in [-0.4, -0.2) is 25.5 Å². The fourth-order valence-electron chi connectivity index (χ4n) is 1.50. The molecule has 4 heteroatoms. The second-order valence-electron chi connectivity index (χ2n) is 3.69. The van der Waals surface area contributed by atoms with Gasteiger partial charge in [0.1, 0.15) is 0 Å². The van der Waals surface area contributed by atoms with Crippen LogP contribution in [0.2, 0.25) is 0 Å². The predicted molar refractivity (Wildman–Crippen MR) is 69.7 cm³/mol. The van der Waals surface area contributed by atoms with Gasteiger partial charge in [0.2, 0.25) is 0 Å². The maximum atomic E-state index is 11.7. The third-order valence-electron chi connectivity index (χ3n) is 2.52. The number of amides is 1. The van der Waals surface area contributed by atoms with Crippen LogP contribution in [0.1, 0.15) is 13.8 Å². The lowest BCUT2D eigenvalue weighted by atomic mass is 10.3. The molecule has 0 aliphatic heterocycles. The van der Waals surface area contributed by atoms with Crippen LogP contribution in [0.5, 0.6) is 0 Å². The number of hydrogen-bond acceptors (Lipinski definition) is 1. The Balaban J connectivity index is 2.51. The summed E-state index contributed by atoms with van der Waals surface area (Å²) in [4.78, 5) is 13.0. The summed E-state index contributed by atoms with van der Waals surface area (Å²) >= 11 is 3.37. The molecule has 1 aromatic carbocycles. The number of carbonyl (C=O) groups is 1. The summed E-state index contributed by atoms with van der Waals surface area (Å²) in [5.41, 5.74) is 0.839. The molecule has 0 unspecified atom stereocenters. The molecule has 1 amide bonds. The lowest BCUT2D eigenvalue weighted by molar-refractivity contribution is -0.888. The highest BCUT2D eigenvalue weighted by Gasteiger charge is 2.10. The van der Waals surface area contributed by atoms with Gasteiger partial charge in [-0.3, -0.25) is 4.79 Å². The van der Waals surface area contributed by atoms with Crippen molar-refractivity contribution in [3.8, 4) is 0 Å². The van der Waals surface area contributed by atoms with Crippen molar-refractivity contribution in [3.63, 3.8) is 0 Å². The minimum Gasteiger partial charge on any atom is -0.328 e. The van der Waals surface area contributed by atoms with E-state index < -0.39 is 0 Å². The minimum absolute atomic E-state index is 0.0665. The Labute approximate surface area is 105 Å². The number of quaternary nitrogens is 1. The zero-order valence-corrected chi connectivity index (χ0v) is 11.3. The summed E-state index contributed by atoms with van der Waals surface area (Å²) in [7, 11) is 0. The van der Waals surface area contributed by atoms with E-state index in [0.717, 1.165) is 23.2 Å². The molecule has 1 aromatic rings. The summed E-state index contributed by atoms with van der Waals surface area (Å²) in [5, 5.41) is 2.89. The molecule has 0 saturated heterocycles. The van der Waals surface area contributed by atoms with E-state index in [2.05, 4.69) is 35.1 Å². The van der Waals surface area contributed by atoms with Crippen LogP contribution in [0.3, 0.4) is 0 Å². The van der Waals surface area contributed by atoms with Crippen LogP contribution in [0, 0.1) is 0 Å². The fourth-order valence-corrected chi connectivity index (χ4v) is 1.90. The first kappa shape index (κ1) is 13.2. The zero-order valence-electron chi connectivity index (χ0n) is 9.72. The molecule has 0 radical (unpaired) electrons. The van der Waals surface area contributed by atoms with Crippen molar-refractivity contribution < 1.29 is 9.69 Å². The predicted octanol–water partition coefficient (Wildman–Crippen LogP) is 1.31. The zero-order chi connectivity index (χ0) is 12.0. The summed E-state index contributed by atoms with van der Waals surface area (Å²) in [6, 6.07) is 7.63. The topological polar surface area (TPSA) is 33.5 Å². The highest BCUT2D eigenvalue weighted by molar-refractivity contribution is 9.10. The number of hydrogen-bond donors (Lipinski definition) is 2. The first-order valence-electron chi connectivity index (χ1n) is 5.54. The molecule has 0 aromatic heterocycles. The van der Waals surface area contributed by atoms with E-state index in [-0.39, 0.29) is 5.91 Å². The highest BCUT2D eigenvalue weighted by Crippen LogP contribution is 2.15. The van der Waals surface area contributed by atoms with Gasteiger partial charge in [-0.25, -0.2) is 0 Å². The van der Waals surface area contributed by atoms with Crippen molar-refractivity contribution in [2.75, 3.05) is 25.0 Å². The molecule has 88 valence electrons. The Morgan fingerprint density at radius 3 is 2.62 bits per heavy atom. The monoisotopic (exact) mass is 285 g/mol. The molecule has 16 heavy (non-hydrogen) atoms. The van der Waals surface area contributed by atoms with Gasteiger partial charge in [-0.05, 0) is 32.0 Å². The Morgan fingerprint density at radius 1 is 1.38 bits per heavy atom. The maximum absolute atomic E-state index is 11.7. The average Bonchev–Trinajstić information content (AvgIpc) is 2.26. The number of nitrogens with one attached hydrogen (secondary N) is 2. The first-order valence-corrected chi connectivity index (χ1v) is 6.34. The molecule has 0 saturated carbocycles. The van der Waals surface area contributed by atoms with E-state index in [1.165, 1.54) is 4.90 Å². The average molecular weight is 286 g/mol. The van der Waals surface area contributed by atoms with Crippen molar-refractivity contribution in [1.29, 1.82) is 0 Å². The van der Waals surface area contributed by atoms with E-state index in [0.29, 0.717) is 6.54 Å². The Hall–Kier alpha value is -0.870. The third-order valence-corrected chi connectivity index (χ3v) is 3.01. The number of likely N-dealkylation sites (N-methyl/N-ethyl adjacent to an activating group) is 1. The van der Waals surface area contributed by atoms with Gasteiger partial charge in [-0.1, -0.05) is 22.0 Å². The normalized spacial score (nSPS) is 10.5. The fraction of sp³-hybridized carbons (Fsp3) is 0.417. The van der Waals surface area contributed by atoms with Crippen LogP contribution in [0.15, 0.2) is 28.7 Å². The lowest BCUT2D eigenvalue weighted by Crippen LogP contribution is -3.12. The number of rotatable bonds is 5. The van der Waals surface area contributed by atoms with E-state index in [1.807, 2.05) is 24.3 Å². The molecule has 2 N–H and O–H groups in total. The summed E-state index contributed by atoms with van der Waals surface area (Å²) in [6.45, 7) is 6.65. The summed E-state index contributed by atoms with van der Waals surface area (Å²) in [5.74, 6) is 0.0665. The second kappa shape index (κ2) is 6.66. The van der Waals surface area contributed by atoms with E-state index >= 15 is 0 Å². The van der Waals surface area contributed by atoms with Crippen LogP contribution >= 0.6 is 15.9 Å². The molecule has 0 bridgehead atoms. The third kappa shape index (κ3) is 4.33. The molecular weight excluding hydrogens is 268 g/mol. The number of carbonyl (C=O) groups excluding carboxylic acids is 1. The lowest BCUT2D eigenvalue weighted by Gasteiger charge is -2.14. The van der Waals surface area contributed by atoms with Crippen LogP contribution in [0.25, 0.3) is 0 Å². The molecule has 0 aliphatic carbocycles. The van der Waals surface area contributed by atoms with Gasteiger partial charge >= 0.3 is 0 Å². The van der Waals surface area contributed by atoms with E-state index in [4.69, 9.17) is 0 Å². The molecule has 0 aliphatic rings. The van der Waals surface area contributed by atoms with Gasteiger partial charge in [0.15, 0.2) is 6.54 Å². The first-order chi connectivity index (χ1) is 7.65. The van der Waals surface area contributed by atoms with Gasteiger partial charge in [0.05, 0.1) is 13.1 Å². The maximum Gasteiger partial charge on any atom is 0.279 e. The van der Waals surface area contributed by atoms with Crippen LogP contribution < -0.4 is 10.2 Å². The van der Waals surface area contributed by atoms with Crippen LogP contribution in [-0.2, 0) is 4.79 Å². The summed E-state index contributed by atoms with van der Waals surface area (Å²) in [6.07, 6.45) is 0. The Bertz CT molecular complexity index is 351. The van der Waals surface area contributed by atoms with Crippen LogP contribution in [0.4, 0.5) is 5.69 Å². The van der Waals surface area contributed by atoms with Gasteiger partial charge in [-0.15, -0.1) is 0 Å².